The van der Waals surface area contributed by atoms with Gasteiger partial charge in [0.2, 0.25) is 0 Å². The van der Waals surface area contributed by atoms with Gasteiger partial charge in [0.1, 0.15) is 0 Å². The fraction of sp³-hybridized carbons (Fsp3) is 0.700. The number of rotatable bonds is 3. The zero-order chi connectivity index (χ0) is 18.1. The fourth-order valence-electron chi connectivity index (χ4n) is 4.76. The van der Waals surface area contributed by atoms with Crippen molar-refractivity contribution in [3.8, 4) is 0 Å². The minimum absolute atomic E-state index is 0.00275. The van der Waals surface area contributed by atoms with Crippen LogP contribution in [0.5, 0.6) is 0 Å². The van der Waals surface area contributed by atoms with E-state index in [9.17, 15) is 14.7 Å². The van der Waals surface area contributed by atoms with Crippen molar-refractivity contribution >= 4 is 11.9 Å². The van der Waals surface area contributed by atoms with Gasteiger partial charge in [-0.15, -0.1) is 0 Å². The molecular formula is C20H30N2O3. The molecule has 1 aliphatic carbocycles. The number of aromatic nitrogens is 1. The molecule has 0 bridgehead atoms. The molecule has 0 radical (unpaired) electrons. The number of likely N-dealkylation sites (tertiary alicyclic amines) is 1. The smallest absolute Gasteiger partial charge is 0.306 e. The second-order valence-corrected chi connectivity index (χ2v) is 7.91. The largest absolute Gasteiger partial charge is 0.481 e. The van der Waals surface area contributed by atoms with Crippen molar-refractivity contribution < 1.29 is 14.7 Å². The fourth-order valence-corrected chi connectivity index (χ4v) is 4.76. The van der Waals surface area contributed by atoms with Crippen molar-refractivity contribution in [3.63, 3.8) is 0 Å². The van der Waals surface area contributed by atoms with Crippen molar-refractivity contribution in [1.82, 2.24) is 9.47 Å². The van der Waals surface area contributed by atoms with Crippen molar-refractivity contribution in [2.75, 3.05) is 13.1 Å². The Balaban J connectivity index is 1.78. The van der Waals surface area contributed by atoms with Crippen LogP contribution in [-0.4, -0.2) is 39.5 Å². The van der Waals surface area contributed by atoms with Crippen LogP contribution in [0.3, 0.4) is 0 Å². The highest BCUT2D eigenvalue weighted by Gasteiger charge is 2.34. The van der Waals surface area contributed by atoms with Crippen LogP contribution >= 0.6 is 0 Å². The topological polar surface area (TPSA) is 62.5 Å². The Bertz CT molecular complexity index is 658. The number of carbonyl (C=O) groups is 2. The molecule has 5 heteroatoms. The summed E-state index contributed by atoms with van der Waals surface area (Å²) in [6.45, 7) is 7.15. The van der Waals surface area contributed by atoms with Crippen molar-refractivity contribution in [3.05, 3.63) is 23.0 Å². The van der Waals surface area contributed by atoms with Crippen LogP contribution in [0.1, 0.15) is 73.2 Å². The molecule has 1 N–H and O–H groups in total. The Labute approximate surface area is 150 Å². The van der Waals surface area contributed by atoms with E-state index >= 15 is 0 Å². The van der Waals surface area contributed by atoms with E-state index < -0.39 is 5.97 Å². The first-order chi connectivity index (χ1) is 11.9. The summed E-state index contributed by atoms with van der Waals surface area (Å²) in [6.07, 6.45) is 6.80. The molecule has 1 saturated heterocycles. The first-order valence-corrected chi connectivity index (χ1v) is 9.60. The molecule has 0 aromatic carbocycles. The number of carbonyl (C=O) groups excluding carboxylic acids is 1. The van der Waals surface area contributed by atoms with Gasteiger partial charge in [0.05, 0.1) is 11.5 Å². The van der Waals surface area contributed by atoms with Gasteiger partial charge >= 0.3 is 5.97 Å². The number of aliphatic carboxylic acids is 1. The van der Waals surface area contributed by atoms with Gasteiger partial charge < -0.3 is 14.6 Å². The lowest BCUT2D eigenvalue weighted by atomic mass is 9.87. The van der Waals surface area contributed by atoms with Gasteiger partial charge in [-0.25, -0.2) is 0 Å². The highest BCUT2D eigenvalue weighted by Crippen LogP contribution is 2.33. The first kappa shape index (κ1) is 18.0. The van der Waals surface area contributed by atoms with Crippen LogP contribution in [0, 0.1) is 25.7 Å². The molecule has 3 rings (SSSR count). The third-order valence-electron chi connectivity index (χ3n) is 6.16. The summed E-state index contributed by atoms with van der Waals surface area (Å²) < 4.78 is 2.36. The standard InChI is InChI=1S/C20H30N2O3/c1-13-12-21(10-9-17(13)20(24)25)19(23)18-11-14(2)22(15(18)3)16-7-5-4-6-8-16/h11,13,16-17H,4-10,12H2,1-3H3,(H,24,25). The maximum atomic E-state index is 13.1. The molecule has 1 aromatic heterocycles. The lowest BCUT2D eigenvalue weighted by molar-refractivity contribution is -0.145. The third kappa shape index (κ3) is 3.46. The summed E-state index contributed by atoms with van der Waals surface area (Å²) >= 11 is 0. The summed E-state index contributed by atoms with van der Waals surface area (Å²) in [5.41, 5.74) is 3.03. The summed E-state index contributed by atoms with van der Waals surface area (Å²) in [6, 6.07) is 2.55. The average molecular weight is 346 g/mol. The maximum Gasteiger partial charge on any atom is 0.306 e. The molecule has 0 spiro atoms. The number of piperidine rings is 1. The van der Waals surface area contributed by atoms with Crippen molar-refractivity contribution in [2.24, 2.45) is 11.8 Å². The van der Waals surface area contributed by atoms with E-state index in [0.717, 1.165) is 11.3 Å². The molecule has 138 valence electrons. The monoisotopic (exact) mass is 346 g/mol. The zero-order valence-corrected chi connectivity index (χ0v) is 15.6. The summed E-state index contributed by atoms with van der Waals surface area (Å²) in [5, 5.41) is 9.27. The number of aryl methyl sites for hydroxylation is 1. The van der Waals surface area contributed by atoms with E-state index in [-0.39, 0.29) is 17.7 Å². The zero-order valence-electron chi connectivity index (χ0n) is 15.6. The van der Waals surface area contributed by atoms with Crippen molar-refractivity contribution in [2.45, 2.75) is 65.3 Å². The van der Waals surface area contributed by atoms with E-state index in [1.807, 2.05) is 17.9 Å². The van der Waals surface area contributed by atoms with E-state index in [4.69, 9.17) is 0 Å². The van der Waals surface area contributed by atoms with Gasteiger partial charge in [0, 0.05) is 30.5 Å². The van der Waals surface area contributed by atoms with E-state index in [0.29, 0.717) is 25.6 Å². The lowest BCUT2D eigenvalue weighted by Gasteiger charge is -2.35. The highest BCUT2D eigenvalue weighted by atomic mass is 16.4. The van der Waals surface area contributed by atoms with Gasteiger partial charge in [0.25, 0.3) is 5.91 Å². The normalized spacial score (nSPS) is 25.2. The van der Waals surface area contributed by atoms with Crippen LogP contribution in [-0.2, 0) is 4.79 Å². The molecule has 2 aliphatic rings. The van der Waals surface area contributed by atoms with Gasteiger partial charge in [-0.05, 0) is 45.1 Å². The molecule has 2 heterocycles. The van der Waals surface area contributed by atoms with E-state index in [1.165, 1.54) is 37.8 Å². The molecule has 1 saturated carbocycles. The molecule has 2 atom stereocenters. The quantitative estimate of drug-likeness (QED) is 0.905. The van der Waals surface area contributed by atoms with Gasteiger partial charge in [-0.3, -0.25) is 9.59 Å². The average Bonchev–Trinajstić information content (AvgIpc) is 2.89. The molecule has 2 unspecified atom stereocenters. The second-order valence-electron chi connectivity index (χ2n) is 7.91. The number of hydrogen-bond acceptors (Lipinski definition) is 2. The molecule has 5 nitrogen and oxygen atoms in total. The van der Waals surface area contributed by atoms with Crippen molar-refractivity contribution in [1.29, 1.82) is 0 Å². The number of carboxylic acids is 1. The Hall–Kier alpha value is -1.78. The number of amides is 1. The molecule has 1 amide bonds. The number of carboxylic acid groups (broad SMARTS) is 1. The Morgan fingerprint density at radius 3 is 2.40 bits per heavy atom. The third-order valence-corrected chi connectivity index (χ3v) is 6.16. The van der Waals surface area contributed by atoms with Gasteiger partial charge in [-0.2, -0.15) is 0 Å². The Kier molecular flexibility index (Phi) is 5.21. The van der Waals surface area contributed by atoms with Crippen LogP contribution in [0.15, 0.2) is 6.07 Å². The van der Waals surface area contributed by atoms with Crippen LogP contribution in [0.4, 0.5) is 0 Å². The summed E-state index contributed by atoms with van der Waals surface area (Å²) in [5.74, 6) is -1.02. The SMILES string of the molecule is Cc1cc(C(=O)N2CCC(C(=O)O)C(C)C2)c(C)n1C1CCCCC1. The van der Waals surface area contributed by atoms with Crippen LogP contribution in [0.2, 0.25) is 0 Å². The highest BCUT2D eigenvalue weighted by molar-refractivity contribution is 5.96. The Morgan fingerprint density at radius 2 is 1.80 bits per heavy atom. The van der Waals surface area contributed by atoms with Gasteiger partial charge in [-0.1, -0.05) is 26.2 Å². The second kappa shape index (κ2) is 7.22. The molecule has 2 fully saturated rings. The predicted molar refractivity (Wildman–Crippen MR) is 96.8 cm³/mol. The van der Waals surface area contributed by atoms with Crippen LogP contribution in [0.25, 0.3) is 0 Å². The molecule has 25 heavy (non-hydrogen) atoms. The van der Waals surface area contributed by atoms with E-state index in [2.05, 4.69) is 18.4 Å². The summed E-state index contributed by atoms with van der Waals surface area (Å²) in [4.78, 5) is 26.2. The first-order valence-electron chi connectivity index (χ1n) is 9.60. The lowest BCUT2D eigenvalue weighted by Crippen LogP contribution is -2.45. The molecule has 1 aliphatic heterocycles. The minimum Gasteiger partial charge on any atom is -0.481 e. The molecule has 1 aromatic rings. The number of nitrogens with zero attached hydrogens (tertiary/aromatic N) is 2. The minimum atomic E-state index is -0.741. The van der Waals surface area contributed by atoms with Gasteiger partial charge in [0.15, 0.2) is 0 Å². The van der Waals surface area contributed by atoms with Crippen LogP contribution < -0.4 is 0 Å². The Morgan fingerprint density at radius 1 is 1.12 bits per heavy atom. The predicted octanol–water partition coefficient (Wildman–Crippen LogP) is 3.79. The maximum absolute atomic E-state index is 13.1. The molecular weight excluding hydrogens is 316 g/mol. The number of hydrogen-bond donors (Lipinski definition) is 1. The summed E-state index contributed by atoms with van der Waals surface area (Å²) in [7, 11) is 0. The van der Waals surface area contributed by atoms with E-state index in [1.54, 1.807) is 0 Å².